The zero-order valence-corrected chi connectivity index (χ0v) is 30.7. The summed E-state index contributed by atoms with van der Waals surface area (Å²) in [5, 5.41) is 21.7. The summed E-state index contributed by atoms with van der Waals surface area (Å²) in [7, 11) is 0. The van der Waals surface area contributed by atoms with Crippen LogP contribution in [-0.2, 0) is 19.1 Å². The highest BCUT2D eigenvalue weighted by Crippen LogP contribution is 2.38. The van der Waals surface area contributed by atoms with E-state index in [0.29, 0.717) is 94.9 Å². The lowest BCUT2D eigenvalue weighted by atomic mass is 9.75. The zero-order valence-electron chi connectivity index (χ0n) is 30.7. The number of ether oxygens (including phenoxy) is 2. The lowest BCUT2D eigenvalue weighted by Gasteiger charge is -2.30. The highest BCUT2D eigenvalue weighted by molar-refractivity contribution is 6.24. The Balaban J connectivity index is 2.00. The number of Topliss-reactive ketones (excluding diaryl/α,β-unsaturated/α-hetero) is 2. The molecule has 0 saturated carbocycles. The molecule has 0 bridgehead atoms. The number of aliphatic imine (C=N–C) groups is 2. The van der Waals surface area contributed by atoms with Gasteiger partial charge < -0.3 is 19.7 Å². The second-order valence-electron chi connectivity index (χ2n) is 17.3. The van der Waals surface area contributed by atoms with Gasteiger partial charge in [-0.3, -0.25) is 19.6 Å². The van der Waals surface area contributed by atoms with Gasteiger partial charge in [-0.05, 0) is 47.3 Å². The molecule has 46 heavy (non-hydrogen) atoms. The Bertz CT molecular complexity index is 1170. The van der Waals surface area contributed by atoms with Crippen LogP contribution in [0.1, 0.15) is 133 Å². The third-order valence-corrected chi connectivity index (χ3v) is 8.05. The summed E-state index contributed by atoms with van der Waals surface area (Å²) in [5.74, 6) is 0.253. The number of carbonyl (C=O) groups is 2. The minimum atomic E-state index is -0.266. The lowest BCUT2D eigenvalue weighted by molar-refractivity contribution is -0.118. The molecule has 2 aliphatic carbocycles. The maximum atomic E-state index is 13.1. The average molecular weight is 645 g/mol. The molecule has 0 saturated heterocycles. The molecular weight excluding hydrogens is 580 g/mol. The van der Waals surface area contributed by atoms with E-state index < -0.39 is 0 Å². The van der Waals surface area contributed by atoms with Crippen LogP contribution in [0.4, 0.5) is 0 Å². The third-order valence-electron chi connectivity index (χ3n) is 8.05. The van der Waals surface area contributed by atoms with Gasteiger partial charge in [0.15, 0.2) is 11.6 Å². The van der Waals surface area contributed by atoms with Crippen LogP contribution in [0.2, 0.25) is 0 Å². The topological polar surface area (TPSA) is 118 Å². The molecule has 0 radical (unpaired) electrons. The molecule has 0 aliphatic heterocycles. The van der Waals surface area contributed by atoms with Gasteiger partial charge in [0.1, 0.15) is 11.5 Å². The number of hydrogen-bond acceptors (Lipinski definition) is 8. The summed E-state index contributed by atoms with van der Waals surface area (Å²) in [4.78, 5) is 35.8. The normalized spacial score (nSPS) is 19.8. The van der Waals surface area contributed by atoms with Crippen LogP contribution in [0, 0.1) is 21.7 Å². The zero-order chi connectivity index (χ0) is 34.8. The monoisotopic (exact) mass is 644 g/mol. The fourth-order valence-electron chi connectivity index (χ4n) is 5.91. The molecule has 0 aromatic carbocycles. The average Bonchev–Trinajstić information content (AvgIpc) is 2.86. The highest BCUT2D eigenvalue weighted by atomic mass is 16.5. The van der Waals surface area contributed by atoms with Crippen LogP contribution < -0.4 is 0 Å². The van der Waals surface area contributed by atoms with Crippen molar-refractivity contribution in [1.29, 1.82) is 0 Å². The summed E-state index contributed by atoms with van der Waals surface area (Å²) in [6.45, 7) is 23.9. The van der Waals surface area contributed by atoms with Crippen LogP contribution in [-0.4, -0.2) is 72.7 Å². The van der Waals surface area contributed by atoms with Gasteiger partial charge in [-0.2, -0.15) is 0 Å². The van der Waals surface area contributed by atoms with Crippen molar-refractivity contribution in [2.75, 3.05) is 39.5 Å². The molecular formula is C38H64N2O6. The van der Waals surface area contributed by atoms with E-state index in [4.69, 9.17) is 19.5 Å². The van der Waals surface area contributed by atoms with E-state index in [1.165, 1.54) is 0 Å². The Morgan fingerprint density at radius 3 is 1.54 bits per heavy atom. The Hall–Kier alpha value is -2.32. The van der Waals surface area contributed by atoms with Gasteiger partial charge in [0.25, 0.3) is 0 Å². The van der Waals surface area contributed by atoms with E-state index in [1.807, 2.05) is 27.7 Å². The minimum absolute atomic E-state index is 0.0166. The van der Waals surface area contributed by atoms with E-state index in [-0.39, 0.29) is 44.7 Å². The van der Waals surface area contributed by atoms with E-state index in [2.05, 4.69) is 41.5 Å². The van der Waals surface area contributed by atoms with Crippen molar-refractivity contribution in [3.63, 3.8) is 0 Å². The van der Waals surface area contributed by atoms with E-state index in [1.54, 1.807) is 0 Å². The predicted molar refractivity (Wildman–Crippen MR) is 188 cm³/mol. The summed E-state index contributed by atoms with van der Waals surface area (Å²) < 4.78 is 11.4. The largest absolute Gasteiger partial charge is 0.511 e. The SMILES string of the molecule is CC(C)(C)CN=C(CCCCCCC(=NCCOCCOCC(C)(C)C)C1=C(O)CC(C)(C)CC1=O)C1=C(O)CC(C)(C)CC1=O. The van der Waals surface area contributed by atoms with Crippen molar-refractivity contribution >= 4 is 23.0 Å². The van der Waals surface area contributed by atoms with Gasteiger partial charge in [-0.1, -0.05) is 82.1 Å². The number of aliphatic hydroxyl groups is 2. The van der Waals surface area contributed by atoms with E-state index in [9.17, 15) is 19.8 Å². The lowest BCUT2D eigenvalue weighted by Crippen LogP contribution is -2.29. The van der Waals surface area contributed by atoms with Crippen LogP contribution in [0.15, 0.2) is 32.6 Å². The number of unbranched alkanes of at least 4 members (excludes halogenated alkanes) is 3. The predicted octanol–water partition coefficient (Wildman–Crippen LogP) is 8.74. The van der Waals surface area contributed by atoms with Gasteiger partial charge >= 0.3 is 0 Å². The first-order valence-corrected chi connectivity index (χ1v) is 17.3. The molecule has 0 aromatic heterocycles. The fourth-order valence-corrected chi connectivity index (χ4v) is 5.91. The summed E-state index contributed by atoms with van der Waals surface area (Å²) in [6, 6.07) is 0. The maximum absolute atomic E-state index is 13.1. The number of aliphatic hydroxyl groups excluding tert-OH is 2. The summed E-state index contributed by atoms with van der Waals surface area (Å²) in [6.07, 6.45) is 6.48. The molecule has 2 aliphatic rings. The van der Waals surface area contributed by atoms with Crippen molar-refractivity contribution < 1.29 is 29.3 Å². The molecule has 262 valence electrons. The highest BCUT2D eigenvalue weighted by Gasteiger charge is 2.36. The summed E-state index contributed by atoms with van der Waals surface area (Å²) in [5.41, 5.74) is 1.80. The number of carbonyl (C=O) groups excluding carboxylic acids is 2. The number of ketones is 2. The standard InChI is InChI=1S/C38H64N2O6/c1-35(2,3)25-40-28(34-31(43)23-38(9,10)24-32(34)44)16-14-12-11-13-15-27(33-29(41)21-37(7,8)22-30(33)42)39-17-18-45-19-20-46-26-36(4,5)6/h41,43H,11-26H2,1-10H3. The van der Waals surface area contributed by atoms with E-state index in [0.717, 1.165) is 31.4 Å². The second-order valence-corrected chi connectivity index (χ2v) is 17.3. The second kappa shape index (κ2) is 17.2. The Kier molecular flexibility index (Phi) is 14.9. The third kappa shape index (κ3) is 14.6. The van der Waals surface area contributed by atoms with Crippen LogP contribution >= 0.6 is 0 Å². The molecule has 0 aromatic rings. The molecule has 2 rings (SSSR count). The Morgan fingerprint density at radius 1 is 0.652 bits per heavy atom. The molecule has 8 heteroatoms. The number of allylic oxidation sites excluding steroid dienone is 4. The van der Waals surface area contributed by atoms with Gasteiger partial charge in [0.2, 0.25) is 0 Å². The minimum Gasteiger partial charge on any atom is -0.511 e. The van der Waals surface area contributed by atoms with Crippen molar-refractivity contribution in [2.24, 2.45) is 31.6 Å². The van der Waals surface area contributed by atoms with Crippen molar-refractivity contribution in [1.82, 2.24) is 0 Å². The van der Waals surface area contributed by atoms with Crippen LogP contribution in [0.5, 0.6) is 0 Å². The first-order valence-electron chi connectivity index (χ1n) is 17.3. The van der Waals surface area contributed by atoms with Crippen molar-refractivity contribution in [3.8, 4) is 0 Å². The first-order chi connectivity index (χ1) is 21.2. The molecule has 8 nitrogen and oxygen atoms in total. The van der Waals surface area contributed by atoms with Gasteiger partial charge in [0.05, 0.1) is 44.1 Å². The molecule has 0 fully saturated rings. The number of hydrogen-bond donors (Lipinski definition) is 2. The van der Waals surface area contributed by atoms with Crippen LogP contribution in [0.25, 0.3) is 0 Å². The molecule has 0 heterocycles. The van der Waals surface area contributed by atoms with E-state index >= 15 is 0 Å². The van der Waals surface area contributed by atoms with Gasteiger partial charge in [-0.15, -0.1) is 0 Å². The quantitative estimate of drug-likeness (QED) is 0.121. The molecule has 0 amide bonds. The molecule has 0 spiro atoms. The molecule has 0 unspecified atom stereocenters. The molecule has 2 N–H and O–H groups in total. The Labute approximate surface area is 279 Å². The van der Waals surface area contributed by atoms with Crippen LogP contribution in [0.3, 0.4) is 0 Å². The fraction of sp³-hybridized carbons (Fsp3) is 0.789. The smallest absolute Gasteiger partial charge is 0.168 e. The maximum Gasteiger partial charge on any atom is 0.168 e. The van der Waals surface area contributed by atoms with Gasteiger partial charge in [-0.25, -0.2) is 0 Å². The molecule has 0 atom stereocenters. The van der Waals surface area contributed by atoms with Gasteiger partial charge in [0, 0.05) is 43.7 Å². The summed E-state index contributed by atoms with van der Waals surface area (Å²) >= 11 is 0. The number of rotatable bonds is 17. The number of nitrogens with zero attached hydrogens (tertiary/aromatic N) is 2. The first kappa shape index (κ1) is 39.9. The van der Waals surface area contributed by atoms with Crippen molar-refractivity contribution in [3.05, 3.63) is 22.7 Å². The Morgan fingerprint density at radius 2 is 1.11 bits per heavy atom. The van der Waals surface area contributed by atoms with Crippen molar-refractivity contribution in [2.45, 2.75) is 133 Å².